The Balaban J connectivity index is 2.26. The molecular weight excluding hydrogens is 274 g/mol. The number of hydrogen-bond acceptors (Lipinski definition) is 5. The van der Waals surface area contributed by atoms with Gasteiger partial charge in [0.2, 0.25) is 0 Å². The van der Waals surface area contributed by atoms with Crippen molar-refractivity contribution in [2.24, 2.45) is 5.73 Å². The van der Waals surface area contributed by atoms with Crippen LogP contribution in [0.5, 0.6) is 0 Å². The van der Waals surface area contributed by atoms with Crippen molar-refractivity contribution in [2.75, 3.05) is 19.8 Å². The van der Waals surface area contributed by atoms with Gasteiger partial charge in [-0.15, -0.1) is 0 Å². The lowest BCUT2D eigenvalue weighted by Gasteiger charge is -2.42. The van der Waals surface area contributed by atoms with Crippen molar-refractivity contribution in [3.8, 4) is 0 Å². The average Bonchev–Trinajstić information content (AvgIpc) is 2.85. The van der Waals surface area contributed by atoms with Crippen molar-refractivity contribution in [1.82, 2.24) is 9.88 Å². The molecule has 0 saturated heterocycles. The first kappa shape index (κ1) is 15.4. The van der Waals surface area contributed by atoms with Gasteiger partial charge in [0.15, 0.2) is 9.84 Å². The standard InChI is InChI=1S/C14H23N3O2S/c1-17(10-12-5-8-16-9-6-12)14(11-15)7-3-4-13(14)20(2,18)19/h5-6,8-9,13H,3-4,7,10-11,15H2,1-2H3. The molecule has 1 fully saturated rings. The fourth-order valence-electron chi connectivity index (χ4n) is 3.38. The molecule has 112 valence electrons. The van der Waals surface area contributed by atoms with E-state index < -0.39 is 15.4 Å². The van der Waals surface area contributed by atoms with Crippen molar-refractivity contribution in [3.63, 3.8) is 0 Å². The van der Waals surface area contributed by atoms with Gasteiger partial charge in [-0.3, -0.25) is 9.88 Å². The second-order valence-corrected chi connectivity index (χ2v) is 7.96. The van der Waals surface area contributed by atoms with Crippen LogP contribution in [0.4, 0.5) is 0 Å². The van der Waals surface area contributed by atoms with Crippen LogP contribution in [-0.2, 0) is 16.4 Å². The predicted molar refractivity (Wildman–Crippen MR) is 80.0 cm³/mol. The van der Waals surface area contributed by atoms with E-state index in [0.29, 0.717) is 19.5 Å². The van der Waals surface area contributed by atoms with Crippen LogP contribution in [0, 0.1) is 0 Å². The molecule has 1 saturated carbocycles. The highest BCUT2D eigenvalue weighted by molar-refractivity contribution is 7.91. The topological polar surface area (TPSA) is 76.3 Å². The molecule has 0 aromatic carbocycles. The van der Waals surface area contributed by atoms with Crippen LogP contribution in [0.1, 0.15) is 24.8 Å². The fraction of sp³-hybridized carbons (Fsp3) is 0.643. The van der Waals surface area contributed by atoms with E-state index in [4.69, 9.17) is 5.73 Å². The molecule has 2 atom stereocenters. The van der Waals surface area contributed by atoms with E-state index in [-0.39, 0.29) is 5.25 Å². The largest absolute Gasteiger partial charge is 0.329 e. The molecule has 20 heavy (non-hydrogen) atoms. The Morgan fingerprint density at radius 1 is 1.45 bits per heavy atom. The first-order valence-electron chi connectivity index (χ1n) is 6.89. The molecule has 1 heterocycles. The number of sulfone groups is 1. The lowest BCUT2D eigenvalue weighted by Crippen LogP contribution is -2.58. The molecule has 0 spiro atoms. The Morgan fingerprint density at radius 2 is 2.10 bits per heavy atom. The molecule has 0 bridgehead atoms. The van der Waals surface area contributed by atoms with Crippen LogP contribution in [0.15, 0.2) is 24.5 Å². The number of hydrogen-bond donors (Lipinski definition) is 1. The summed E-state index contributed by atoms with van der Waals surface area (Å²) in [5.41, 5.74) is 6.66. The maximum Gasteiger partial charge on any atom is 0.152 e. The lowest BCUT2D eigenvalue weighted by molar-refractivity contribution is 0.126. The zero-order valence-electron chi connectivity index (χ0n) is 12.1. The molecular formula is C14H23N3O2S. The van der Waals surface area contributed by atoms with Crippen LogP contribution in [-0.4, -0.2) is 48.9 Å². The Labute approximate surface area is 121 Å². The summed E-state index contributed by atoms with van der Waals surface area (Å²) in [6.07, 6.45) is 7.28. The van der Waals surface area contributed by atoms with Gasteiger partial charge in [0.05, 0.1) is 5.25 Å². The monoisotopic (exact) mass is 297 g/mol. The Hall–Kier alpha value is -0.980. The average molecular weight is 297 g/mol. The number of nitrogens with two attached hydrogens (primary N) is 1. The second-order valence-electron chi connectivity index (χ2n) is 5.73. The van der Waals surface area contributed by atoms with Gasteiger partial charge in [0.25, 0.3) is 0 Å². The number of likely N-dealkylation sites (N-methyl/N-ethyl adjacent to an activating group) is 1. The number of aromatic nitrogens is 1. The summed E-state index contributed by atoms with van der Waals surface area (Å²) in [5, 5.41) is -0.369. The van der Waals surface area contributed by atoms with Crippen LogP contribution in [0.25, 0.3) is 0 Å². The molecule has 1 aliphatic carbocycles. The van der Waals surface area contributed by atoms with Gasteiger partial charge in [0, 0.05) is 37.3 Å². The highest BCUT2D eigenvalue weighted by Crippen LogP contribution is 2.38. The molecule has 1 aromatic heterocycles. The highest BCUT2D eigenvalue weighted by Gasteiger charge is 2.49. The van der Waals surface area contributed by atoms with Crippen molar-refractivity contribution in [2.45, 2.75) is 36.6 Å². The third-order valence-corrected chi connectivity index (χ3v) is 6.18. The Kier molecular flexibility index (Phi) is 4.46. The molecule has 0 amide bonds. The summed E-state index contributed by atoms with van der Waals surface area (Å²) in [6, 6.07) is 3.90. The van der Waals surface area contributed by atoms with Gasteiger partial charge < -0.3 is 5.73 Å². The second kappa shape index (κ2) is 5.79. The normalized spacial score (nSPS) is 27.1. The highest BCUT2D eigenvalue weighted by atomic mass is 32.2. The molecule has 1 aliphatic rings. The smallest absolute Gasteiger partial charge is 0.152 e. The van der Waals surface area contributed by atoms with E-state index >= 15 is 0 Å². The summed E-state index contributed by atoms with van der Waals surface area (Å²) in [5.74, 6) is 0. The van der Waals surface area contributed by atoms with Gasteiger partial charge >= 0.3 is 0 Å². The zero-order chi connectivity index (χ0) is 14.8. The van der Waals surface area contributed by atoms with Crippen molar-refractivity contribution >= 4 is 9.84 Å². The molecule has 2 rings (SSSR count). The fourth-order valence-corrected chi connectivity index (χ4v) is 5.17. The molecule has 5 nitrogen and oxygen atoms in total. The van der Waals surface area contributed by atoms with E-state index in [1.165, 1.54) is 6.26 Å². The van der Waals surface area contributed by atoms with Crippen molar-refractivity contribution < 1.29 is 8.42 Å². The SMILES string of the molecule is CN(Cc1ccncc1)C1(CN)CCCC1S(C)(=O)=O. The third kappa shape index (κ3) is 2.87. The van der Waals surface area contributed by atoms with Gasteiger partial charge in [-0.1, -0.05) is 6.42 Å². The van der Waals surface area contributed by atoms with Crippen LogP contribution in [0.3, 0.4) is 0 Å². The summed E-state index contributed by atoms with van der Waals surface area (Å²) >= 11 is 0. The Bertz CT molecular complexity index is 547. The maximum atomic E-state index is 12.1. The molecule has 0 radical (unpaired) electrons. The van der Waals surface area contributed by atoms with E-state index in [2.05, 4.69) is 9.88 Å². The molecule has 6 heteroatoms. The molecule has 1 aromatic rings. The minimum atomic E-state index is -3.09. The maximum absolute atomic E-state index is 12.1. The quantitative estimate of drug-likeness (QED) is 0.870. The minimum Gasteiger partial charge on any atom is -0.329 e. The van der Waals surface area contributed by atoms with Gasteiger partial charge in [-0.2, -0.15) is 0 Å². The number of rotatable bonds is 5. The molecule has 2 unspecified atom stereocenters. The predicted octanol–water partition coefficient (Wildman–Crippen LogP) is 0.808. The van der Waals surface area contributed by atoms with Crippen molar-refractivity contribution in [3.05, 3.63) is 30.1 Å². The van der Waals surface area contributed by atoms with Crippen LogP contribution >= 0.6 is 0 Å². The van der Waals surface area contributed by atoms with Gasteiger partial charge in [-0.25, -0.2) is 8.42 Å². The van der Waals surface area contributed by atoms with E-state index in [9.17, 15) is 8.42 Å². The van der Waals surface area contributed by atoms with E-state index in [1.54, 1.807) is 12.4 Å². The lowest BCUT2D eigenvalue weighted by atomic mass is 9.94. The minimum absolute atomic E-state index is 0.367. The van der Waals surface area contributed by atoms with Crippen molar-refractivity contribution in [1.29, 1.82) is 0 Å². The summed E-state index contributed by atoms with van der Waals surface area (Å²) in [4.78, 5) is 6.11. The van der Waals surface area contributed by atoms with Crippen LogP contribution in [0.2, 0.25) is 0 Å². The Morgan fingerprint density at radius 3 is 2.65 bits per heavy atom. The number of nitrogens with zero attached hydrogens (tertiary/aromatic N) is 2. The first-order chi connectivity index (χ1) is 9.40. The summed E-state index contributed by atoms with van der Waals surface area (Å²) in [7, 11) is -1.12. The third-order valence-electron chi connectivity index (χ3n) is 4.47. The van der Waals surface area contributed by atoms with E-state index in [1.807, 2.05) is 19.2 Å². The summed E-state index contributed by atoms with van der Waals surface area (Å²) in [6.45, 7) is 1.05. The molecule has 0 aliphatic heterocycles. The molecule has 2 N–H and O–H groups in total. The zero-order valence-corrected chi connectivity index (χ0v) is 12.9. The summed E-state index contributed by atoms with van der Waals surface area (Å²) < 4.78 is 24.1. The number of pyridine rings is 1. The first-order valence-corrected chi connectivity index (χ1v) is 8.85. The van der Waals surface area contributed by atoms with E-state index in [0.717, 1.165) is 18.4 Å². The van der Waals surface area contributed by atoms with Crippen LogP contribution < -0.4 is 5.73 Å². The van der Waals surface area contributed by atoms with Gasteiger partial charge in [-0.05, 0) is 37.6 Å². The van der Waals surface area contributed by atoms with Gasteiger partial charge in [0.1, 0.15) is 0 Å².